The van der Waals surface area contributed by atoms with E-state index in [9.17, 15) is 8.42 Å². The number of primary sulfonamides is 1. The Labute approximate surface area is 135 Å². The summed E-state index contributed by atoms with van der Waals surface area (Å²) in [7, 11) is -3.66. The van der Waals surface area contributed by atoms with Gasteiger partial charge in [0.2, 0.25) is 10.0 Å². The average molecular weight is 336 g/mol. The van der Waals surface area contributed by atoms with Crippen LogP contribution in [0.15, 0.2) is 41.4 Å². The van der Waals surface area contributed by atoms with Crippen molar-refractivity contribution in [3.05, 3.63) is 42.2 Å². The van der Waals surface area contributed by atoms with Crippen molar-refractivity contribution >= 4 is 10.0 Å². The largest absolute Gasteiger partial charge is 0.492 e. The third-order valence-corrected chi connectivity index (χ3v) is 4.97. The van der Waals surface area contributed by atoms with Crippen LogP contribution >= 0.6 is 0 Å². The van der Waals surface area contributed by atoms with Gasteiger partial charge < -0.3 is 4.74 Å². The van der Waals surface area contributed by atoms with Gasteiger partial charge in [-0.2, -0.15) is 5.10 Å². The smallest absolute Gasteiger partial charge is 0.238 e. The molecule has 0 radical (unpaired) electrons. The van der Waals surface area contributed by atoms with Crippen molar-refractivity contribution in [2.24, 2.45) is 5.14 Å². The summed E-state index contributed by atoms with van der Waals surface area (Å²) in [6, 6.07) is 8.52. The highest BCUT2D eigenvalue weighted by Gasteiger charge is 2.26. The van der Waals surface area contributed by atoms with Gasteiger partial charge in [-0.1, -0.05) is 0 Å². The first kappa shape index (κ1) is 16.0. The Morgan fingerprint density at radius 1 is 1.30 bits per heavy atom. The Balaban J connectivity index is 1.53. The van der Waals surface area contributed by atoms with E-state index in [4.69, 9.17) is 9.88 Å². The number of nitrogens with one attached hydrogen (secondary N) is 1. The molecule has 1 saturated heterocycles. The number of nitrogens with zero attached hydrogens (tertiary/aromatic N) is 2. The summed E-state index contributed by atoms with van der Waals surface area (Å²) in [5.41, 5.74) is 1.14. The molecular weight excluding hydrogens is 316 g/mol. The van der Waals surface area contributed by atoms with Crippen molar-refractivity contribution in [3.8, 4) is 5.75 Å². The first-order valence-electron chi connectivity index (χ1n) is 7.53. The summed E-state index contributed by atoms with van der Waals surface area (Å²) in [6.07, 6.45) is 4.05. The normalized spacial score (nSPS) is 19.1. The zero-order valence-corrected chi connectivity index (χ0v) is 13.5. The number of H-pyrrole nitrogens is 1. The summed E-state index contributed by atoms with van der Waals surface area (Å²) in [5.74, 6) is 0.634. The van der Waals surface area contributed by atoms with Crippen molar-refractivity contribution in [2.75, 3.05) is 19.7 Å². The van der Waals surface area contributed by atoms with E-state index in [1.54, 1.807) is 18.3 Å². The monoisotopic (exact) mass is 336 g/mol. The number of likely N-dealkylation sites (tertiary alicyclic amines) is 1. The number of benzene rings is 1. The van der Waals surface area contributed by atoms with Crippen LogP contribution in [-0.2, 0) is 10.0 Å². The van der Waals surface area contributed by atoms with Crippen LogP contribution in [0.3, 0.4) is 0 Å². The van der Waals surface area contributed by atoms with Gasteiger partial charge in [0.15, 0.2) is 0 Å². The van der Waals surface area contributed by atoms with Gasteiger partial charge in [-0.05, 0) is 49.7 Å². The summed E-state index contributed by atoms with van der Waals surface area (Å²) in [6.45, 7) is 2.39. The highest BCUT2D eigenvalue weighted by molar-refractivity contribution is 7.89. The molecule has 1 aromatic carbocycles. The van der Waals surface area contributed by atoms with Gasteiger partial charge in [0.25, 0.3) is 0 Å². The Bertz CT molecular complexity index is 729. The third kappa shape index (κ3) is 3.90. The second kappa shape index (κ2) is 6.69. The standard InChI is InChI=1S/C15H20N4O3S/c16-23(20,21)13-5-3-12(4-6-13)22-11-10-19-9-1-2-15(19)14-7-8-17-18-14/h3-8,15H,1-2,9-11H2,(H,17,18)(H2,16,20,21). The zero-order valence-electron chi connectivity index (χ0n) is 12.7. The predicted octanol–water partition coefficient (Wildman–Crippen LogP) is 1.27. The van der Waals surface area contributed by atoms with Gasteiger partial charge in [0.05, 0.1) is 16.6 Å². The molecule has 2 aromatic rings. The lowest BCUT2D eigenvalue weighted by molar-refractivity contribution is 0.195. The number of aromatic amines is 1. The van der Waals surface area contributed by atoms with E-state index in [2.05, 4.69) is 15.1 Å². The molecule has 0 saturated carbocycles. The lowest BCUT2D eigenvalue weighted by Crippen LogP contribution is -2.28. The van der Waals surface area contributed by atoms with Crippen LogP contribution in [0, 0.1) is 0 Å². The minimum absolute atomic E-state index is 0.0868. The number of nitrogens with two attached hydrogens (primary N) is 1. The van der Waals surface area contributed by atoms with Crippen LogP contribution in [-0.4, -0.2) is 43.2 Å². The van der Waals surface area contributed by atoms with Crippen LogP contribution < -0.4 is 9.88 Å². The molecule has 1 unspecified atom stereocenters. The van der Waals surface area contributed by atoms with E-state index in [-0.39, 0.29) is 4.90 Å². The number of rotatable bonds is 6. The number of hydrogen-bond donors (Lipinski definition) is 2. The Hall–Kier alpha value is -1.90. The lowest BCUT2D eigenvalue weighted by atomic mass is 10.1. The van der Waals surface area contributed by atoms with Crippen LogP contribution in [0.5, 0.6) is 5.75 Å². The second-order valence-electron chi connectivity index (χ2n) is 5.57. The molecule has 0 amide bonds. The van der Waals surface area contributed by atoms with Crippen molar-refractivity contribution in [1.29, 1.82) is 0 Å². The number of ether oxygens (including phenoxy) is 1. The first-order valence-corrected chi connectivity index (χ1v) is 9.08. The fraction of sp³-hybridized carbons (Fsp3) is 0.400. The molecule has 1 aromatic heterocycles. The number of sulfonamides is 1. The van der Waals surface area contributed by atoms with Crippen molar-refractivity contribution in [3.63, 3.8) is 0 Å². The Morgan fingerprint density at radius 2 is 2.09 bits per heavy atom. The molecule has 1 aliphatic heterocycles. The molecule has 8 heteroatoms. The number of aromatic nitrogens is 2. The fourth-order valence-corrected chi connectivity index (χ4v) is 3.42. The van der Waals surface area contributed by atoms with Gasteiger partial charge in [-0.3, -0.25) is 10.00 Å². The summed E-state index contributed by atoms with van der Waals surface area (Å²) in [5, 5.41) is 12.1. The summed E-state index contributed by atoms with van der Waals surface area (Å²) < 4.78 is 28.1. The predicted molar refractivity (Wildman–Crippen MR) is 85.4 cm³/mol. The van der Waals surface area contributed by atoms with Gasteiger partial charge in [-0.15, -0.1) is 0 Å². The molecule has 1 aliphatic rings. The average Bonchev–Trinajstić information content (AvgIpc) is 3.17. The van der Waals surface area contributed by atoms with Gasteiger partial charge in [0, 0.05) is 12.7 Å². The molecule has 0 bridgehead atoms. The lowest BCUT2D eigenvalue weighted by Gasteiger charge is -2.23. The Kier molecular flexibility index (Phi) is 4.65. The van der Waals surface area contributed by atoms with Crippen LogP contribution in [0.4, 0.5) is 0 Å². The van der Waals surface area contributed by atoms with Crippen molar-refractivity contribution < 1.29 is 13.2 Å². The maximum absolute atomic E-state index is 11.2. The molecule has 3 N–H and O–H groups in total. The third-order valence-electron chi connectivity index (χ3n) is 4.04. The zero-order chi connectivity index (χ0) is 16.3. The molecule has 0 spiro atoms. The van der Waals surface area contributed by atoms with Crippen molar-refractivity contribution in [2.45, 2.75) is 23.8 Å². The highest BCUT2D eigenvalue weighted by Crippen LogP contribution is 2.30. The molecule has 1 fully saturated rings. The molecule has 1 atom stereocenters. The topological polar surface area (TPSA) is 101 Å². The molecule has 2 heterocycles. The van der Waals surface area contributed by atoms with Crippen molar-refractivity contribution in [1.82, 2.24) is 15.1 Å². The van der Waals surface area contributed by atoms with Gasteiger partial charge in [0.1, 0.15) is 12.4 Å². The van der Waals surface area contributed by atoms with Crippen LogP contribution in [0.25, 0.3) is 0 Å². The van der Waals surface area contributed by atoms with Gasteiger partial charge in [-0.25, -0.2) is 13.6 Å². The number of hydrogen-bond acceptors (Lipinski definition) is 5. The second-order valence-corrected chi connectivity index (χ2v) is 7.13. The minimum atomic E-state index is -3.66. The van der Waals surface area contributed by atoms with E-state index in [1.807, 2.05) is 6.07 Å². The van der Waals surface area contributed by atoms with E-state index < -0.39 is 10.0 Å². The molecule has 124 valence electrons. The van der Waals surface area contributed by atoms with E-state index in [0.29, 0.717) is 18.4 Å². The van der Waals surface area contributed by atoms with Gasteiger partial charge >= 0.3 is 0 Å². The SMILES string of the molecule is NS(=O)(=O)c1ccc(OCCN2CCCC2c2ccn[nH]2)cc1. The molecule has 23 heavy (non-hydrogen) atoms. The first-order chi connectivity index (χ1) is 11.0. The quantitative estimate of drug-likeness (QED) is 0.827. The molecule has 7 nitrogen and oxygen atoms in total. The minimum Gasteiger partial charge on any atom is -0.492 e. The summed E-state index contributed by atoms with van der Waals surface area (Å²) >= 11 is 0. The van der Waals surface area contributed by atoms with E-state index in [1.165, 1.54) is 12.1 Å². The highest BCUT2D eigenvalue weighted by atomic mass is 32.2. The van der Waals surface area contributed by atoms with Crippen LogP contribution in [0.2, 0.25) is 0 Å². The van der Waals surface area contributed by atoms with Crippen LogP contribution in [0.1, 0.15) is 24.6 Å². The van der Waals surface area contributed by atoms with E-state index in [0.717, 1.165) is 31.6 Å². The van der Waals surface area contributed by atoms with E-state index >= 15 is 0 Å². The fourth-order valence-electron chi connectivity index (χ4n) is 2.90. The molecular formula is C15H20N4O3S. The summed E-state index contributed by atoms with van der Waals surface area (Å²) in [4.78, 5) is 2.45. The molecule has 3 rings (SSSR count). The maximum atomic E-state index is 11.2. The Morgan fingerprint density at radius 3 is 2.74 bits per heavy atom. The molecule has 0 aliphatic carbocycles. The maximum Gasteiger partial charge on any atom is 0.238 e.